The number of nitrogens with zero attached hydrogens (tertiary/aromatic N) is 3. The Morgan fingerprint density at radius 3 is 2.47 bits per heavy atom. The van der Waals surface area contributed by atoms with Crippen molar-refractivity contribution in [2.75, 3.05) is 37.7 Å². The Bertz CT molecular complexity index is 970. The lowest BCUT2D eigenvalue weighted by atomic mass is 10.1. The van der Waals surface area contributed by atoms with E-state index in [0.717, 1.165) is 46.3 Å². The summed E-state index contributed by atoms with van der Waals surface area (Å²) in [7, 11) is 0. The van der Waals surface area contributed by atoms with Crippen LogP contribution in [0.15, 0.2) is 42.5 Å². The van der Waals surface area contributed by atoms with E-state index in [1.807, 2.05) is 54.3 Å². The number of amides is 1. The summed E-state index contributed by atoms with van der Waals surface area (Å²) >= 11 is 7.64. The molecule has 0 aliphatic carbocycles. The zero-order valence-electron chi connectivity index (χ0n) is 17.7. The van der Waals surface area contributed by atoms with E-state index in [2.05, 4.69) is 18.7 Å². The summed E-state index contributed by atoms with van der Waals surface area (Å²) in [4.78, 5) is 22.1. The fourth-order valence-corrected chi connectivity index (χ4v) is 4.54. The van der Waals surface area contributed by atoms with Crippen molar-refractivity contribution in [2.24, 2.45) is 0 Å². The Hall–Kier alpha value is -2.15. The molecule has 1 heterocycles. The third-order valence-corrected chi connectivity index (χ3v) is 6.27. The van der Waals surface area contributed by atoms with Gasteiger partial charge in [0.05, 0.1) is 23.2 Å². The molecular weight excluding hydrogens is 418 g/mol. The SMILES string of the molecule is CCOc1ccc(CC(=O)N(CCN(CC)CC)c2nc3ccc(Cl)cc3s2)cc1. The first kappa shape index (κ1) is 22.5. The van der Waals surface area contributed by atoms with Crippen molar-refractivity contribution >= 4 is 44.2 Å². The zero-order chi connectivity index (χ0) is 21.5. The van der Waals surface area contributed by atoms with Gasteiger partial charge in [0, 0.05) is 18.1 Å². The molecule has 0 saturated heterocycles. The topological polar surface area (TPSA) is 45.7 Å². The third kappa shape index (κ3) is 5.72. The molecule has 5 nitrogen and oxygen atoms in total. The van der Waals surface area contributed by atoms with Gasteiger partial charge in [0.15, 0.2) is 5.13 Å². The number of rotatable bonds is 10. The summed E-state index contributed by atoms with van der Waals surface area (Å²) in [5.41, 5.74) is 1.82. The molecule has 0 unspecified atom stereocenters. The standard InChI is InChI=1S/C23H28ClN3O2S/c1-4-26(5-2)13-14-27(23-25-20-12-9-18(24)16-21(20)30-23)22(28)15-17-7-10-19(11-8-17)29-6-3/h7-12,16H,4-6,13-15H2,1-3H3. The van der Waals surface area contributed by atoms with Gasteiger partial charge < -0.3 is 9.64 Å². The number of thiazole rings is 1. The molecule has 0 atom stereocenters. The van der Waals surface area contributed by atoms with E-state index in [0.29, 0.717) is 24.6 Å². The molecule has 3 aromatic rings. The second-order valence-electron chi connectivity index (χ2n) is 6.93. The van der Waals surface area contributed by atoms with Gasteiger partial charge in [0.25, 0.3) is 0 Å². The van der Waals surface area contributed by atoms with Crippen molar-refractivity contribution in [3.63, 3.8) is 0 Å². The molecule has 0 fully saturated rings. The van der Waals surface area contributed by atoms with Crippen molar-refractivity contribution in [3.05, 3.63) is 53.1 Å². The molecule has 1 aromatic heterocycles. The van der Waals surface area contributed by atoms with Crippen molar-refractivity contribution in [1.29, 1.82) is 0 Å². The Balaban J connectivity index is 1.82. The quantitative estimate of drug-likeness (QED) is 0.426. The molecule has 160 valence electrons. The predicted molar refractivity (Wildman–Crippen MR) is 126 cm³/mol. The van der Waals surface area contributed by atoms with Gasteiger partial charge in [-0.2, -0.15) is 0 Å². The number of carbonyl (C=O) groups excluding carboxylic acids is 1. The first-order valence-electron chi connectivity index (χ1n) is 10.3. The predicted octanol–water partition coefficient (Wildman–Crippen LogP) is 5.27. The van der Waals surface area contributed by atoms with Crippen LogP contribution in [0.3, 0.4) is 0 Å². The van der Waals surface area contributed by atoms with Crippen LogP contribution in [0, 0.1) is 0 Å². The molecule has 7 heteroatoms. The second kappa shape index (κ2) is 10.8. The van der Waals surface area contributed by atoms with Gasteiger partial charge in [-0.1, -0.05) is 48.9 Å². The summed E-state index contributed by atoms with van der Waals surface area (Å²) in [6.45, 7) is 10.2. The van der Waals surface area contributed by atoms with E-state index in [9.17, 15) is 4.79 Å². The highest BCUT2D eigenvalue weighted by Crippen LogP contribution is 2.31. The van der Waals surface area contributed by atoms with Crippen LogP contribution in [0.25, 0.3) is 10.2 Å². The fourth-order valence-electron chi connectivity index (χ4n) is 3.25. The minimum absolute atomic E-state index is 0.0384. The van der Waals surface area contributed by atoms with Gasteiger partial charge in [0.1, 0.15) is 5.75 Å². The lowest BCUT2D eigenvalue weighted by Crippen LogP contribution is -2.39. The number of hydrogen-bond donors (Lipinski definition) is 0. The molecule has 0 aliphatic heterocycles. The number of fused-ring (bicyclic) bond motifs is 1. The number of carbonyl (C=O) groups is 1. The van der Waals surface area contributed by atoms with Crippen LogP contribution >= 0.6 is 22.9 Å². The number of ether oxygens (including phenoxy) is 1. The van der Waals surface area contributed by atoms with E-state index in [1.165, 1.54) is 11.3 Å². The Kier molecular flexibility index (Phi) is 8.08. The Labute approximate surface area is 187 Å². The van der Waals surface area contributed by atoms with Gasteiger partial charge in [0.2, 0.25) is 5.91 Å². The Morgan fingerprint density at radius 1 is 1.07 bits per heavy atom. The van der Waals surface area contributed by atoms with E-state index in [4.69, 9.17) is 21.3 Å². The smallest absolute Gasteiger partial charge is 0.233 e. The van der Waals surface area contributed by atoms with E-state index in [-0.39, 0.29) is 5.91 Å². The Morgan fingerprint density at radius 2 is 1.80 bits per heavy atom. The second-order valence-corrected chi connectivity index (χ2v) is 8.38. The molecule has 0 spiro atoms. The maximum absolute atomic E-state index is 13.3. The number of aromatic nitrogens is 1. The molecule has 0 bridgehead atoms. The van der Waals surface area contributed by atoms with Crippen LogP contribution in [0.2, 0.25) is 5.02 Å². The van der Waals surface area contributed by atoms with Gasteiger partial charge in [-0.05, 0) is 55.9 Å². The van der Waals surface area contributed by atoms with Crippen LogP contribution in [0.5, 0.6) is 5.75 Å². The average molecular weight is 446 g/mol. The van der Waals surface area contributed by atoms with E-state index in [1.54, 1.807) is 0 Å². The van der Waals surface area contributed by atoms with Crippen LogP contribution in [0.1, 0.15) is 26.3 Å². The largest absolute Gasteiger partial charge is 0.494 e. The molecule has 0 saturated carbocycles. The van der Waals surface area contributed by atoms with Crippen molar-refractivity contribution in [2.45, 2.75) is 27.2 Å². The summed E-state index contributed by atoms with van der Waals surface area (Å²) < 4.78 is 6.48. The molecule has 2 aromatic carbocycles. The van der Waals surface area contributed by atoms with Gasteiger partial charge in [-0.3, -0.25) is 9.69 Å². The fraction of sp³-hybridized carbons (Fsp3) is 0.391. The van der Waals surface area contributed by atoms with Crippen molar-refractivity contribution in [3.8, 4) is 5.75 Å². The highest BCUT2D eigenvalue weighted by Gasteiger charge is 2.21. The first-order chi connectivity index (χ1) is 14.5. The summed E-state index contributed by atoms with van der Waals surface area (Å²) in [5, 5.41) is 1.39. The summed E-state index contributed by atoms with van der Waals surface area (Å²) in [6.07, 6.45) is 0.321. The normalized spacial score (nSPS) is 11.2. The van der Waals surface area contributed by atoms with Gasteiger partial charge in [-0.25, -0.2) is 4.98 Å². The number of halogens is 1. The number of anilines is 1. The molecule has 3 rings (SSSR count). The summed E-state index contributed by atoms with van der Waals surface area (Å²) in [5.74, 6) is 0.853. The first-order valence-corrected chi connectivity index (χ1v) is 11.5. The van der Waals surface area contributed by atoms with Crippen molar-refractivity contribution < 1.29 is 9.53 Å². The van der Waals surface area contributed by atoms with Crippen LogP contribution < -0.4 is 9.64 Å². The molecule has 0 N–H and O–H groups in total. The number of hydrogen-bond acceptors (Lipinski definition) is 5. The molecule has 0 aliphatic rings. The highest BCUT2D eigenvalue weighted by molar-refractivity contribution is 7.22. The van der Waals surface area contributed by atoms with Crippen LogP contribution in [0.4, 0.5) is 5.13 Å². The monoisotopic (exact) mass is 445 g/mol. The van der Waals surface area contributed by atoms with E-state index < -0.39 is 0 Å². The van der Waals surface area contributed by atoms with Crippen LogP contribution in [-0.2, 0) is 11.2 Å². The third-order valence-electron chi connectivity index (χ3n) is 5.00. The maximum atomic E-state index is 13.3. The lowest BCUT2D eigenvalue weighted by molar-refractivity contribution is -0.118. The average Bonchev–Trinajstić information content (AvgIpc) is 3.15. The van der Waals surface area contributed by atoms with Gasteiger partial charge in [-0.15, -0.1) is 0 Å². The molecule has 30 heavy (non-hydrogen) atoms. The maximum Gasteiger partial charge on any atom is 0.233 e. The lowest BCUT2D eigenvalue weighted by Gasteiger charge is -2.24. The van der Waals surface area contributed by atoms with Crippen molar-refractivity contribution in [1.82, 2.24) is 9.88 Å². The molecule has 1 amide bonds. The van der Waals surface area contributed by atoms with Gasteiger partial charge >= 0.3 is 0 Å². The van der Waals surface area contributed by atoms with Crippen LogP contribution in [-0.4, -0.2) is 48.6 Å². The number of likely N-dealkylation sites (N-methyl/N-ethyl adjacent to an activating group) is 1. The highest BCUT2D eigenvalue weighted by atomic mass is 35.5. The number of benzene rings is 2. The van der Waals surface area contributed by atoms with E-state index >= 15 is 0 Å². The molecule has 0 radical (unpaired) electrons. The summed E-state index contributed by atoms with van der Waals surface area (Å²) in [6, 6.07) is 13.3. The zero-order valence-corrected chi connectivity index (χ0v) is 19.3. The minimum Gasteiger partial charge on any atom is -0.494 e. The minimum atomic E-state index is 0.0384. The molecular formula is C23H28ClN3O2S.